The first kappa shape index (κ1) is 25.3. The molecule has 0 N–H and O–H groups in total. The van der Waals surface area contributed by atoms with Crippen molar-refractivity contribution in [1.29, 1.82) is 0 Å². The summed E-state index contributed by atoms with van der Waals surface area (Å²) in [5.74, 6) is 2.89. The molecule has 5 aromatic carbocycles. The van der Waals surface area contributed by atoms with Gasteiger partial charge in [0.2, 0.25) is 0 Å². The first-order valence-electron chi connectivity index (χ1n) is 13.3. The van der Waals surface area contributed by atoms with E-state index in [-0.39, 0.29) is 0 Å². The fourth-order valence-corrected chi connectivity index (χ4v) is 5.21. The Bertz CT molecular complexity index is 1530. The summed E-state index contributed by atoms with van der Waals surface area (Å²) in [6, 6.07) is 41.4. The fraction of sp³-hybridized carbons (Fsp3) is 0.111. The number of benzene rings is 5. The van der Waals surface area contributed by atoms with Crippen molar-refractivity contribution >= 4 is 11.1 Å². The highest BCUT2D eigenvalue weighted by Crippen LogP contribution is 2.40. The Morgan fingerprint density at radius 1 is 0.525 bits per heavy atom. The summed E-state index contributed by atoms with van der Waals surface area (Å²) in [6.45, 7) is 0.662. The predicted octanol–water partition coefficient (Wildman–Crippen LogP) is 8.18. The molecule has 1 aliphatic rings. The topological polar surface area (TPSA) is 36.9 Å². The second-order valence-corrected chi connectivity index (χ2v) is 9.56. The molecular weight excluding hydrogens is 496 g/mol. The average molecular weight is 527 g/mol. The van der Waals surface area contributed by atoms with Gasteiger partial charge in [-0.3, -0.25) is 0 Å². The Labute approximate surface area is 235 Å². The van der Waals surface area contributed by atoms with Gasteiger partial charge in [0, 0.05) is 11.1 Å². The summed E-state index contributed by atoms with van der Waals surface area (Å²) < 4.78 is 24.1. The lowest BCUT2D eigenvalue weighted by atomic mass is 9.85. The van der Waals surface area contributed by atoms with E-state index in [0.29, 0.717) is 24.7 Å². The van der Waals surface area contributed by atoms with Crippen LogP contribution in [0.5, 0.6) is 23.0 Å². The van der Waals surface area contributed by atoms with Gasteiger partial charge >= 0.3 is 0 Å². The maximum absolute atomic E-state index is 6.31. The van der Waals surface area contributed by atoms with Gasteiger partial charge in [-0.1, -0.05) is 84.9 Å². The van der Waals surface area contributed by atoms with E-state index in [1.807, 2.05) is 48.5 Å². The van der Waals surface area contributed by atoms with Crippen LogP contribution in [-0.2, 0) is 13.2 Å². The number of methoxy groups -OCH3 is 2. The van der Waals surface area contributed by atoms with Gasteiger partial charge in [0.05, 0.1) is 14.2 Å². The van der Waals surface area contributed by atoms with E-state index < -0.39 is 0 Å². The van der Waals surface area contributed by atoms with E-state index in [1.54, 1.807) is 14.2 Å². The van der Waals surface area contributed by atoms with Crippen LogP contribution in [0.1, 0.15) is 33.4 Å². The molecule has 0 aromatic heterocycles. The molecule has 4 nitrogen and oxygen atoms in total. The van der Waals surface area contributed by atoms with Crippen molar-refractivity contribution in [1.82, 2.24) is 0 Å². The van der Waals surface area contributed by atoms with Crippen LogP contribution >= 0.6 is 0 Å². The number of fused-ring (bicyclic) bond motifs is 5. The quantitative estimate of drug-likeness (QED) is 0.237. The highest BCUT2D eigenvalue weighted by Gasteiger charge is 2.20. The lowest BCUT2D eigenvalue weighted by Gasteiger charge is -2.20. The minimum absolute atomic E-state index is 0.331. The van der Waals surface area contributed by atoms with Crippen molar-refractivity contribution in [3.63, 3.8) is 0 Å². The first-order valence-corrected chi connectivity index (χ1v) is 13.3. The van der Waals surface area contributed by atoms with Gasteiger partial charge in [0.25, 0.3) is 0 Å². The maximum Gasteiger partial charge on any atom is 0.161 e. The van der Waals surface area contributed by atoms with Crippen LogP contribution < -0.4 is 18.9 Å². The third kappa shape index (κ3) is 5.04. The highest BCUT2D eigenvalue weighted by molar-refractivity contribution is 6.04. The Morgan fingerprint density at radius 3 is 1.38 bits per heavy atom. The minimum Gasteiger partial charge on any atom is -0.496 e. The molecule has 6 rings (SSSR count). The van der Waals surface area contributed by atoms with E-state index in [2.05, 4.69) is 72.8 Å². The molecule has 0 spiro atoms. The van der Waals surface area contributed by atoms with E-state index in [4.69, 9.17) is 18.9 Å². The lowest BCUT2D eigenvalue weighted by Crippen LogP contribution is -2.02. The number of para-hydroxylation sites is 2. The monoisotopic (exact) mass is 526 g/mol. The van der Waals surface area contributed by atoms with Crippen LogP contribution in [0.15, 0.2) is 121 Å². The summed E-state index contributed by atoms with van der Waals surface area (Å²) in [4.78, 5) is 0. The SMILES string of the molecule is COc1ccc2cc1COc1ccccc1OCc1cc(ccc1OC)C2=C(c1ccccc1)c1ccccc1. The lowest BCUT2D eigenvalue weighted by molar-refractivity contribution is 0.250. The second kappa shape index (κ2) is 11.4. The minimum atomic E-state index is 0.331. The molecule has 0 saturated heterocycles. The molecule has 0 aliphatic carbocycles. The van der Waals surface area contributed by atoms with Gasteiger partial charge in [-0.25, -0.2) is 0 Å². The van der Waals surface area contributed by atoms with Crippen LogP contribution in [-0.4, -0.2) is 14.2 Å². The standard InChI is InChI=1S/C36H30O4/c1-37-31-19-17-27-21-29(31)23-39-33-15-9-10-16-34(33)40-24-30-22-28(18-20-32(30)38-2)36(27)35(25-11-5-3-6-12-25)26-13-7-4-8-14-26/h3-22H,23-24H2,1-2H3. The Morgan fingerprint density at radius 2 is 0.950 bits per heavy atom. The van der Waals surface area contributed by atoms with Crippen molar-refractivity contribution in [2.75, 3.05) is 14.2 Å². The van der Waals surface area contributed by atoms with Crippen LogP contribution in [0.25, 0.3) is 11.1 Å². The molecule has 0 unspecified atom stereocenters. The molecule has 0 fully saturated rings. The second-order valence-electron chi connectivity index (χ2n) is 9.56. The molecule has 4 bridgehead atoms. The summed E-state index contributed by atoms with van der Waals surface area (Å²) in [7, 11) is 3.38. The molecule has 0 amide bonds. The van der Waals surface area contributed by atoms with Crippen molar-refractivity contribution < 1.29 is 18.9 Å². The Balaban J connectivity index is 1.68. The van der Waals surface area contributed by atoms with Crippen molar-refractivity contribution in [2.45, 2.75) is 13.2 Å². The number of rotatable bonds is 4. The maximum atomic E-state index is 6.31. The van der Waals surface area contributed by atoms with Crippen molar-refractivity contribution in [3.8, 4) is 23.0 Å². The van der Waals surface area contributed by atoms with Gasteiger partial charge in [-0.15, -0.1) is 0 Å². The summed E-state index contributed by atoms with van der Waals surface area (Å²) in [6.07, 6.45) is 0. The van der Waals surface area contributed by atoms with Crippen LogP contribution in [0.3, 0.4) is 0 Å². The summed E-state index contributed by atoms with van der Waals surface area (Å²) in [5, 5.41) is 0. The van der Waals surface area contributed by atoms with Gasteiger partial charge in [0.15, 0.2) is 11.5 Å². The first-order chi connectivity index (χ1) is 19.7. The number of ether oxygens (including phenoxy) is 4. The van der Waals surface area contributed by atoms with Crippen LogP contribution in [0.4, 0.5) is 0 Å². The zero-order chi connectivity index (χ0) is 27.3. The number of hydrogen-bond donors (Lipinski definition) is 0. The molecule has 0 saturated carbocycles. The highest BCUT2D eigenvalue weighted by atomic mass is 16.5. The van der Waals surface area contributed by atoms with Gasteiger partial charge < -0.3 is 18.9 Å². The Hall–Kier alpha value is -4.96. The van der Waals surface area contributed by atoms with Crippen LogP contribution in [0, 0.1) is 0 Å². The third-order valence-electron chi connectivity index (χ3n) is 7.13. The normalized spacial score (nSPS) is 12.4. The van der Waals surface area contributed by atoms with Crippen molar-refractivity contribution in [3.05, 3.63) is 155 Å². The third-order valence-corrected chi connectivity index (χ3v) is 7.13. The molecule has 0 atom stereocenters. The molecule has 40 heavy (non-hydrogen) atoms. The number of hydrogen-bond acceptors (Lipinski definition) is 4. The van der Waals surface area contributed by atoms with E-state index in [1.165, 1.54) is 0 Å². The molecule has 0 radical (unpaired) electrons. The fourth-order valence-electron chi connectivity index (χ4n) is 5.21. The zero-order valence-corrected chi connectivity index (χ0v) is 22.6. The average Bonchev–Trinajstić information content (AvgIpc) is 3.02. The Kier molecular flexibility index (Phi) is 7.23. The summed E-state index contributed by atoms with van der Waals surface area (Å²) >= 11 is 0. The van der Waals surface area contributed by atoms with Gasteiger partial charge in [-0.2, -0.15) is 0 Å². The molecular formula is C36H30O4. The van der Waals surface area contributed by atoms with Gasteiger partial charge in [0.1, 0.15) is 24.7 Å². The van der Waals surface area contributed by atoms with Crippen molar-refractivity contribution in [2.24, 2.45) is 0 Å². The van der Waals surface area contributed by atoms with E-state index in [0.717, 1.165) is 56.0 Å². The smallest absolute Gasteiger partial charge is 0.161 e. The molecule has 5 aromatic rings. The van der Waals surface area contributed by atoms with Crippen LogP contribution in [0.2, 0.25) is 0 Å². The van der Waals surface area contributed by atoms with E-state index in [9.17, 15) is 0 Å². The predicted molar refractivity (Wildman–Crippen MR) is 159 cm³/mol. The zero-order valence-electron chi connectivity index (χ0n) is 22.6. The van der Waals surface area contributed by atoms with E-state index >= 15 is 0 Å². The largest absolute Gasteiger partial charge is 0.496 e. The molecule has 198 valence electrons. The van der Waals surface area contributed by atoms with Gasteiger partial charge in [-0.05, 0) is 69.8 Å². The summed E-state index contributed by atoms with van der Waals surface area (Å²) in [5.41, 5.74) is 8.50. The molecule has 1 aliphatic heterocycles. The molecule has 1 heterocycles. The molecule has 4 heteroatoms.